The minimum Gasteiger partial charge on any atom is -0.384 e. The number of urea groups is 1. The van der Waals surface area contributed by atoms with Gasteiger partial charge in [-0.2, -0.15) is 8.42 Å². The summed E-state index contributed by atoms with van der Waals surface area (Å²) >= 11 is 7.01. The number of aromatic nitrogens is 1. The summed E-state index contributed by atoms with van der Waals surface area (Å²) in [6.45, 7) is 3.85. The zero-order chi connectivity index (χ0) is 21.2. The first-order chi connectivity index (χ1) is 13.7. The fourth-order valence-corrected chi connectivity index (χ4v) is 6.02. The maximum Gasteiger partial charge on any atom is 0.333 e. The van der Waals surface area contributed by atoms with Crippen molar-refractivity contribution in [2.75, 3.05) is 5.32 Å². The van der Waals surface area contributed by atoms with E-state index in [1.165, 1.54) is 6.20 Å². The molecule has 1 aliphatic rings. The van der Waals surface area contributed by atoms with Gasteiger partial charge in [0, 0.05) is 16.9 Å². The SMILES string of the molecule is CCc1cc(Cl)cc(CC)c1NC(=O)NS(=O)(=O)c1ncc(C2(O)CCCC2)s1. The predicted molar refractivity (Wildman–Crippen MR) is 114 cm³/mol. The predicted octanol–water partition coefficient (Wildman–Crippen LogP) is 4.19. The Kier molecular flexibility index (Phi) is 6.52. The van der Waals surface area contributed by atoms with E-state index in [9.17, 15) is 18.3 Å². The highest BCUT2D eigenvalue weighted by atomic mass is 35.5. The van der Waals surface area contributed by atoms with Crippen molar-refractivity contribution in [3.05, 3.63) is 39.4 Å². The van der Waals surface area contributed by atoms with Crippen LogP contribution in [0.25, 0.3) is 0 Å². The number of anilines is 1. The lowest BCUT2D eigenvalue weighted by atomic mass is 10.0. The molecule has 29 heavy (non-hydrogen) atoms. The van der Waals surface area contributed by atoms with Crippen LogP contribution in [0.4, 0.5) is 10.5 Å². The van der Waals surface area contributed by atoms with Crippen LogP contribution in [0.1, 0.15) is 55.5 Å². The number of sulfonamides is 1. The van der Waals surface area contributed by atoms with E-state index in [4.69, 9.17) is 11.6 Å². The van der Waals surface area contributed by atoms with Gasteiger partial charge in [0.2, 0.25) is 4.34 Å². The highest BCUT2D eigenvalue weighted by Crippen LogP contribution is 2.41. The van der Waals surface area contributed by atoms with E-state index < -0.39 is 21.7 Å². The lowest BCUT2D eigenvalue weighted by molar-refractivity contribution is 0.0481. The molecule has 1 fully saturated rings. The van der Waals surface area contributed by atoms with E-state index in [0.717, 1.165) is 35.3 Å². The fraction of sp³-hybridized carbons (Fsp3) is 0.474. The number of aliphatic hydroxyl groups is 1. The van der Waals surface area contributed by atoms with E-state index in [-0.39, 0.29) is 4.34 Å². The zero-order valence-corrected chi connectivity index (χ0v) is 18.7. The van der Waals surface area contributed by atoms with E-state index in [1.807, 2.05) is 18.6 Å². The van der Waals surface area contributed by atoms with E-state index in [0.29, 0.717) is 41.3 Å². The molecule has 2 amide bonds. The largest absolute Gasteiger partial charge is 0.384 e. The molecule has 0 radical (unpaired) electrons. The molecule has 1 heterocycles. The molecule has 158 valence electrons. The molecule has 0 unspecified atom stereocenters. The zero-order valence-electron chi connectivity index (χ0n) is 16.3. The first-order valence-electron chi connectivity index (χ1n) is 9.52. The Morgan fingerprint density at radius 2 is 1.83 bits per heavy atom. The number of nitrogens with zero attached hydrogens (tertiary/aromatic N) is 1. The molecule has 1 aliphatic carbocycles. The summed E-state index contributed by atoms with van der Waals surface area (Å²) in [5, 5.41) is 13.8. The van der Waals surface area contributed by atoms with Crippen molar-refractivity contribution in [3.63, 3.8) is 0 Å². The number of carbonyl (C=O) groups is 1. The number of carbonyl (C=O) groups excluding carboxylic acids is 1. The molecule has 3 N–H and O–H groups in total. The van der Waals surface area contributed by atoms with E-state index in [1.54, 1.807) is 12.1 Å². The Labute approximate surface area is 179 Å². The number of hydrogen-bond acceptors (Lipinski definition) is 6. The van der Waals surface area contributed by atoms with Crippen molar-refractivity contribution < 1.29 is 18.3 Å². The van der Waals surface area contributed by atoms with Gasteiger partial charge in [0.05, 0.1) is 4.88 Å². The van der Waals surface area contributed by atoms with Crippen LogP contribution in [0.2, 0.25) is 5.02 Å². The number of thiazole rings is 1. The van der Waals surface area contributed by atoms with Crippen LogP contribution < -0.4 is 10.0 Å². The summed E-state index contributed by atoms with van der Waals surface area (Å²) in [6, 6.07) is 2.63. The topological polar surface area (TPSA) is 108 Å². The van der Waals surface area contributed by atoms with Gasteiger partial charge in [0.1, 0.15) is 5.60 Å². The van der Waals surface area contributed by atoms with Crippen molar-refractivity contribution >= 4 is 44.7 Å². The summed E-state index contributed by atoms with van der Waals surface area (Å²) in [4.78, 5) is 16.9. The second kappa shape index (κ2) is 8.59. The Hall–Kier alpha value is -1.68. The number of nitrogens with one attached hydrogen (secondary N) is 2. The molecular formula is C19H24ClN3O4S2. The van der Waals surface area contributed by atoms with Gasteiger partial charge in [-0.1, -0.05) is 38.3 Å². The summed E-state index contributed by atoms with van der Waals surface area (Å²) < 4.78 is 27.0. The van der Waals surface area contributed by atoms with Crippen molar-refractivity contribution in [1.29, 1.82) is 0 Å². The molecule has 0 aliphatic heterocycles. The average molecular weight is 458 g/mol. The first kappa shape index (κ1) is 22.0. The van der Waals surface area contributed by atoms with Crippen molar-refractivity contribution in [2.45, 2.75) is 62.3 Å². The number of aryl methyl sites for hydroxylation is 2. The van der Waals surface area contributed by atoms with Crippen LogP contribution in [-0.4, -0.2) is 24.5 Å². The monoisotopic (exact) mass is 457 g/mol. The summed E-state index contributed by atoms with van der Waals surface area (Å²) in [6.07, 6.45) is 5.58. The molecule has 0 saturated heterocycles. The molecule has 1 aromatic carbocycles. The molecule has 2 aromatic rings. The minimum atomic E-state index is -4.15. The first-order valence-corrected chi connectivity index (χ1v) is 12.2. The maximum absolute atomic E-state index is 12.6. The summed E-state index contributed by atoms with van der Waals surface area (Å²) in [5.74, 6) is 0. The molecule has 7 nitrogen and oxygen atoms in total. The van der Waals surface area contributed by atoms with Crippen LogP contribution in [0.3, 0.4) is 0 Å². The lowest BCUT2D eigenvalue weighted by Gasteiger charge is -2.19. The maximum atomic E-state index is 12.6. The molecule has 1 aromatic heterocycles. The smallest absolute Gasteiger partial charge is 0.333 e. The van der Waals surface area contributed by atoms with Gasteiger partial charge < -0.3 is 10.4 Å². The number of amides is 2. The van der Waals surface area contributed by atoms with Crippen molar-refractivity contribution in [2.24, 2.45) is 0 Å². The number of benzene rings is 1. The summed E-state index contributed by atoms with van der Waals surface area (Å²) in [5.41, 5.74) is 1.18. The average Bonchev–Trinajstić information content (AvgIpc) is 3.32. The van der Waals surface area contributed by atoms with Crippen molar-refractivity contribution in [1.82, 2.24) is 9.71 Å². The molecule has 3 rings (SSSR count). The third kappa shape index (κ3) is 4.74. The van der Waals surface area contributed by atoms with Gasteiger partial charge in [-0.05, 0) is 48.9 Å². The normalized spacial score (nSPS) is 16.0. The third-order valence-corrected chi connectivity index (χ3v) is 8.23. The van der Waals surface area contributed by atoms with Crippen LogP contribution in [0, 0.1) is 0 Å². The minimum absolute atomic E-state index is 0.245. The molecule has 0 atom stereocenters. The Morgan fingerprint density at radius 1 is 1.24 bits per heavy atom. The van der Waals surface area contributed by atoms with E-state index >= 15 is 0 Å². The molecule has 0 bridgehead atoms. The standard InChI is InChI=1S/C19H24ClN3O4S2/c1-3-12-9-14(20)10-13(4-2)16(12)22-17(24)23-29(26,27)18-21-11-15(28-18)19(25)7-5-6-8-19/h9-11,25H,3-8H2,1-2H3,(H2,22,23,24). The molecular weight excluding hydrogens is 434 g/mol. The Balaban J connectivity index is 1.78. The highest BCUT2D eigenvalue weighted by Gasteiger charge is 2.36. The van der Waals surface area contributed by atoms with Crippen LogP contribution >= 0.6 is 22.9 Å². The quantitative estimate of drug-likeness (QED) is 0.602. The van der Waals surface area contributed by atoms with Crippen LogP contribution in [0.5, 0.6) is 0 Å². The number of hydrogen-bond donors (Lipinski definition) is 3. The van der Waals surface area contributed by atoms with Crippen LogP contribution in [0.15, 0.2) is 22.7 Å². The van der Waals surface area contributed by atoms with Gasteiger partial charge in [-0.15, -0.1) is 11.3 Å². The van der Waals surface area contributed by atoms with Gasteiger partial charge in [0.25, 0.3) is 10.0 Å². The van der Waals surface area contributed by atoms with Gasteiger partial charge in [0.15, 0.2) is 0 Å². The Bertz CT molecular complexity index is 989. The number of halogens is 1. The van der Waals surface area contributed by atoms with E-state index in [2.05, 4.69) is 10.3 Å². The second-order valence-corrected chi connectivity index (χ2v) is 10.4. The lowest BCUT2D eigenvalue weighted by Crippen LogP contribution is -2.34. The molecule has 0 spiro atoms. The Morgan fingerprint density at radius 3 is 2.38 bits per heavy atom. The third-order valence-electron chi connectivity index (χ3n) is 5.10. The van der Waals surface area contributed by atoms with Gasteiger partial charge in [-0.3, -0.25) is 0 Å². The number of rotatable bonds is 6. The van der Waals surface area contributed by atoms with Gasteiger partial charge >= 0.3 is 6.03 Å². The summed E-state index contributed by atoms with van der Waals surface area (Å²) in [7, 11) is -4.15. The second-order valence-electron chi connectivity index (χ2n) is 7.09. The molecule has 1 saturated carbocycles. The van der Waals surface area contributed by atoms with Gasteiger partial charge in [-0.25, -0.2) is 14.5 Å². The fourth-order valence-electron chi connectivity index (χ4n) is 3.55. The van der Waals surface area contributed by atoms with Crippen molar-refractivity contribution in [3.8, 4) is 0 Å². The van der Waals surface area contributed by atoms with Crippen LogP contribution in [-0.2, 0) is 28.5 Å². The molecule has 10 heteroatoms. The highest BCUT2D eigenvalue weighted by molar-refractivity contribution is 7.92.